The van der Waals surface area contributed by atoms with Crippen molar-refractivity contribution < 1.29 is 22.7 Å². The highest BCUT2D eigenvalue weighted by Crippen LogP contribution is 2.24. The molecule has 10 heteroatoms. The number of esters is 1. The number of likely N-dealkylation sites (tertiary alicyclic amines) is 1. The van der Waals surface area contributed by atoms with Gasteiger partial charge in [0, 0.05) is 40.2 Å². The quantitative estimate of drug-likeness (QED) is 0.420. The maximum Gasteiger partial charge on any atom is 0.311 e. The summed E-state index contributed by atoms with van der Waals surface area (Å²) in [4.78, 5) is 31.6. The van der Waals surface area contributed by atoms with Crippen molar-refractivity contribution in [2.75, 3.05) is 27.2 Å². The number of carbonyl (C=O) groups is 2. The predicted octanol–water partition coefficient (Wildman–Crippen LogP) is 2.44. The van der Waals surface area contributed by atoms with E-state index >= 15 is 0 Å². The van der Waals surface area contributed by atoms with Crippen LogP contribution in [-0.4, -0.2) is 66.2 Å². The normalized spacial score (nSPS) is 16.4. The van der Waals surface area contributed by atoms with Crippen LogP contribution in [0.3, 0.4) is 0 Å². The van der Waals surface area contributed by atoms with Crippen molar-refractivity contribution in [1.82, 2.24) is 18.8 Å². The number of amides is 1. The largest absolute Gasteiger partial charge is 0.457 e. The Labute approximate surface area is 205 Å². The lowest BCUT2D eigenvalue weighted by molar-refractivity contribution is -0.150. The number of carbonyl (C=O) groups excluding carboxylic acids is 2. The van der Waals surface area contributed by atoms with E-state index in [1.165, 1.54) is 20.2 Å². The number of aryl methyl sites for hydroxylation is 1. The monoisotopic (exact) mass is 498 g/mol. The van der Waals surface area contributed by atoms with Gasteiger partial charge in [0.2, 0.25) is 15.9 Å². The Morgan fingerprint density at radius 1 is 1.17 bits per heavy atom. The molecule has 0 spiro atoms. The average Bonchev–Trinajstić information content (AvgIpc) is 3.40. The minimum atomic E-state index is -3.59. The zero-order valence-electron chi connectivity index (χ0n) is 20.2. The van der Waals surface area contributed by atoms with Crippen LogP contribution in [0.2, 0.25) is 0 Å². The van der Waals surface area contributed by atoms with Crippen LogP contribution in [0.25, 0.3) is 11.0 Å². The van der Waals surface area contributed by atoms with Crippen LogP contribution < -0.4 is 0 Å². The number of rotatable bonds is 9. The second-order valence-electron chi connectivity index (χ2n) is 8.79. The van der Waals surface area contributed by atoms with E-state index in [9.17, 15) is 18.0 Å². The summed E-state index contributed by atoms with van der Waals surface area (Å²) in [5, 5.41) is 0. The van der Waals surface area contributed by atoms with Gasteiger partial charge in [0.1, 0.15) is 12.4 Å². The molecule has 1 aromatic heterocycles. The molecule has 0 bridgehead atoms. The molecule has 1 atom stereocenters. The van der Waals surface area contributed by atoms with Crippen molar-refractivity contribution >= 4 is 32.9 Å². The van der Waals surface area contributed by atoms with Gasteiger partial charge in [-0.1, -0.05) is 30.3 Å². The summed E-state index contributed by atoms with van der Waals surface area (Å²) in [6.07, 6.45) is 0.879. The maximum atomic E-state index is 12.7. The van der Waals surface area contributed by atoms with Gasteiger partial charge in [0.25, 0.3) is 0 Å². The summed E-state index contributed by atoms with van der Waals surface area (Å²) in [5.74, 6) is -0.445. The fourth-order valence-corrected chi connectivity index (χ4v) is 5.22. The molecule has 1 saturated heterocycles. The summed E-state index contributed by atoms with van der Waals surface area (Å²) >= 11 is 0. The lowest BCUT2D eigenvalue weighted by atomic mass is 10.1. The maximum absolute atomic E-state index is 12.7. The molecule has 1 fully saturated rings. The van der Waals surface area contributed by atoms with E-state index in [0.717, 1.165) is 21.8 Å². The zero-order valence-corrected chi connectivity index (χ0v) is 21.0. The van der Waals surface area contributed by atoms with Crippen LogP contribution in [-0.2, 0) is 43.9 Å². The molecule has 0 saturated carbocycles. The molecule has 1 amide bonds. The second kappa shape index (κ2) is 10.2. The molecule has 186 valence electrons. The molecule has 2 aromatic carbocycles. The van der Waals surface area contributed by atoms with E-state index in [2.05, 4.69) is 4.98 Å². The molecule has 3 aromatic rings. The summed E-state index contributed by atoms with van der Waals surface area (Å²) in [6, 6.07) is 14.7. The van der Waals surface area contributed by atoms with Gasteiger partial charge >= 0.3 is 5.97 Å². The third-order valence-corrected chi connectivity index (χ3v) is 8.11. The molecule has 1 unspecified atom stereocenters. The first-order chi connectivity index (χ1) is 16.7. The third kappa shape index (κ3) is 5.23. The van der Waals surface area contributed by atoms with Crippen LogP contribution in [0.1, 0.15) is 24.7 Å². The van der Waals surface area contributed by atoms with Crippen LogP contribution in [0.15, 0.2) is 53.4 Å². The second-order valence-corrected chi connectivity index (χ2v) is 10.9. The number of benzene rings is 2. The molecule has 1 aliphatic heterocycles. The molecular weight excluding hydrogens is 468 g/mol. The van der Waals surface area contributed by atoms with E-state index < -0.39 is 21.9 Å². The SMILES string of the molecule is CCn1c(COC(=O)C2CC(=O)N(CCc3ccccc3)C2)nc2cc(S(=O)(=O)N(C)C)ccc21. The zero-order chi connectivity index (χ0) is 25.2. The molecule has 9 nitrogen and oxygen atoms in total. The lowest BCUT2D eigenvalue weighted by Crippen LogP contribution is -2.29. The smallest absolute Gasteiger partial charge is 0.311 e. The topological polar surface area (TPSA) is 102 Å². The Morgan fingerprint density at radius 3 is 2.60 bits per heavy atom. The van der Waals surface area contributed by atoms with Crippen molar-refractivity contribution in [3.05, 3.63) is 59.9 Å². The van der Waals surface area contributed by atoms with E-state index in [1.807, 2.05) is 41.8 Å². The fraction of sp³-hybridized carbons (Fsp3) is 0.400. The summed E-state index contributed by atoms with van der Waals surface area (Å²) < 4.78 is 33.5. The first-order valence-corrected chi connectivity index (χ1v) is 13.0. The van der Waals surface area contributed by atoms with Gasteiger partial charge in [-0.15, -0.1) is 0 Å². The van der Waals surface area contributed by atoms with E-state index in [1.54, 1.807) is 17.0 Å². The highest BCUT2D eigenvalue weighted by atomic mass is 32.2. The van der Waals surface area contributed by atoms with Crippen LogP contribution >= 0.6 is 0 Å². The minimum Gasteiger partial charge on any atom is -0.457 e. The molecule has 2 heterocycles. The lowest BCUT2D eigenvalue weighted by Gasteiger charge is -2.16. The first kappa shape index (κ1) is 24.9. The van der Waals surface area contributed by atoms with Gasteiger partial charge in [0.05, 0.1) is 21.8 Å². The van der Waals surface area contributed by atoms with E-state index in [4.69, 9.17) is 4.74 Å². The average molecular weight is 499 g/mol. The molecule has 4 rings (SSSR count). The number of imidazole rings is 1. The van der Waals surface area contributed by atoms with Crippen LogP contribution in [0.4, 0.5) is 0 Å². The Kier molecular flexibility index (Phi) is 7.23. The Morgan fingerprint density at radius 2 is 1.91 bits per heavy atom. The standard InChI is InChI=1S/C25H30N4O5S/c1-4-29-22-11-10-20(35(32,33)27(2)3)15-21(22)26-23(29)17-34-25(31)19-14-24(30)28(16-19)13-12-18-8-6-5-7-9-18/h5-11,15,19H,4,12-14,16-17H2,1-3H3. The highest BCUT2D eigenvalue weighted by molar-refractivity contribution is 7.89. The van der Waals surface area contributed by atoms with Crippen molar-refractivity contribution in [1.29, 1.82) is 0 Å². The number of hydrogen-bond acceptors (Lipinski definition) is 6. The number of sulfonamides is 1. The van der Waals surface area contributed by atoms with Crippen molar-refractivity contribution in [2.24, 2.45) is 5.92 Å². The molecule has 0 aliphatic carbocycles. The summed E-state index contributed by atoms with van der Waals surface area (Å²) in [6.45, 7) is 3.39. The fourth-order valence-electron chi connectivity index (χ4n) is 4.30. The van der Waals surface area contributed by atoms with Crippen molar-refractivity contribution in [3.8, 4) is 0 Å². The van der Waals surface area contributed by atoms with Crippen LogP contribution in [0.5, 0.6) is 0 Å². The Balaban J connectivity index is 1.41. The number of hydrogen-bond donors (Lipinski definition) is 0. The number of aromatic nitrogens is 2. The Bertz CT molecular complexity index is 1330. The molecule has 1 aliphatic rings. The molecule has 0 N–H and O–H groups in total. The molecule has 35 heavy (non-hydrogen) atoms. The Hall–Kier alpha value is -3.24. The van der Waals surface area contributed by atoms with E-state index in [-0.39, 0.29) is 23.8 Å². The van der Waals surface area contributed by atoms with Crippen molar-refractivity contribution in [3.63, 3.8) is 0 Å². The van der Waals surface area contributed by atoms with Gasteiger partial charge in [-0.05, 0) is 37.1 Å². The van der Waals surface area contributed by atoms with Crippen molar-refractivity contribution in [2.45, 2.75) is 37.8 Å². The number of ether oxygens (including phenoxy) is 1. The highest BCUT2D eigenvalue weighted by Gasteiger charge is 2.35. The van der Waals surface area contributed by atoms with E-state index in [0.29, 0.717) is 31.0 Å². The number of fused-ring (bicyclic) bond motifs is 1. The summed E-state index contributed by atoms with van der Waals surface area (Å²) in [7, 11) is -0.631. The predicted molar refractivity (Wildman–Crippen MR) is 131 cm³/mol. The van der Waals surface area contributed by atoms with Gasteiger partial charge in [-0.25, -0.2) is 17.7 Å². The third-order valence-electron chi connectivity index (χ3n) is 6.30. The summed E-state index contributed by atoms with van der Waals surface area (Å²) in [5.41, 5.74) is 2.43. The molecular formula is C25H30N4O5S. The van der Waals surface area contributed by atoms with Gasteiger partial charge in [-0.2, -0.15) is 0 Å². The molecule has 0 radical (unpaired) electrons. The minimum absolute atomic E-state index is 0.0432. The van der Waals surface area contributed by atoms with Gasteiger partial charge in [-0.3, -0.25) is 9.59 Å². The first-order valence-electron chi connectivity index (χ1n) is 11.6. The number of nitrogens with zero attached hydrogens (tertiary/aromatic N) is 4. The van der Waals surface area contributed by atoms with Crippen LogP contribution in [0, 0.1) is 5.92 Å². The van der Waals surface area contributed by atoms with Gasteiger partial charge < -0.3 is 14.2 Å². The van der Waals surface area contributed by atoms with Gasteiger partial charge in [0.15, 0.2) is 0 Å².